The number of nitrogens with zero attached hydrogens (tertiary/aromatic N) is 1. The lowest BCUT2D eigenvalue weighted by molar-refractivity contribution is 0.0827. The van der Waals surface area contributed by atoms with E-state index in [4.69, 9.17) is 0 Å². The van der Waals surface area contributed by atoms with Crippen LogP contribution in [0.3, 0.4) is 0 Å². The Bertz CT molecular complexity index is 787. The van der Waals surface area contributed by atoms with Gasteiger partial charge in [-0.1, -0.05) is 12.1 Å². The Labute approximate surface area is 128 Å². The molecule has 0 atom stereocenters. The van der Waals surface area contributed by atoms with E-state index in [0.29, 0.717) is 5.56 Å². The van der Waals surface area contributed by atoms with Gasteiger partial charge in [-0.15, -0.1) is 0 Å². The average molecular weight is 322 g/mol. The van der Waals surface area contributed by atoms with Gasteiger partial charge in [-0.05, 0) is 36.4 Å². The van der Waals surface area contributed by atoms with Gasteiger partial charge in [0.2, 0.25) is 0 Å². The van der Waals surface area contributed by atoms with Gasteiger partial charge in [0.15, 0.2) is 0 Å². The third kappa shape index (κ3) is 3.43. The van der Waals surface area contributed by atoms with Crippen LogP contribution in [0.15, 0.2) is 53.4 Å². The van der Waals surface area contributed by atoms with Gasteiger partial charge >= 0.3 is 0 Å². The van der Waals surface area contributed by atoms with Crippen LogP contribution in [0.25, 0.3) is 0 Å². The Morgan fingerprint density at radius 1 is 1.05 bits per heavy atom. The predicted molar refractivity (Wildman–Crippen MR) is 81.7 cm³/mol. The van der Waals surface area contributed by atoms with E-state index < -0.39 is 20.7 Å². The molecule has 0 fully saturated rings. The second-order valence-corrected chi connectivity index (χ2v) is 6.46. The average Bonchev–Trinajstić information content (AvgIpc) is 2.47. The summed E-state index contributed by atoms with van der Waals surface area (Å²) in [5.74, 6) is -1.02. The van der Waals surface area contributed by atoms with E-state index in [1.807, 2.05) is 0 Å². The Hall–Kier alpha value is -2.41. The fourth-order valence-electron chi connectivity index (χ4n) is 1.81. The van der Waals surface area contributed by atoms with Crippen LogP contribution in [-0.2, 0) is 10.0 Å². The molecule has 0 spiro atoms. The second-order valence-electron chi connectivity index (χ2n) is 4.81. The van der Waals surface area contributed by atoms with Crippen molar-refractivity contribution in [3.8, 4) is 0 Å². The van der Waals surface area contributed by atoms with Crippen LogP contribution in [0.5, 0.6) is 0 Å². The van der Waals surface area contributed by atoms with E-state index in [9.17, 15) is 17.6 Å². The summed E-state index contributed by atoms with van der Waals surface area (Å²) < 4.78 is 40.1. The first-order valence-corrected chi connectivity index (χ1v) is 7.88. The van der Waals surface area contributed by atoms with Crippen molar-refractivity contribution in [2.75, 3.05) is 18.8 Å². The zero-order valence-corrected chi connectivity index (χ0v) is 12.9. The highest BCUT2D eigenvalue weighted by Gasteiger charge is 2.18. The van der Waals surface area contributed by atoms with Gasteiger partial charge in [0.05, 0.1) is 0 Å². The molecular weight excluding hydrogens is 307 g/mol. The molecule has 0 bridgehead atoms. The standard InChI is InChI=1S/C15H15FN2O3S/c1-18(2)15(19)11-7-9-12(10-8-11)17-22(20,21)14-6-4-3-5-13(14)16/h3-10,17H,1-2H3. The third-order valence-corrected chi connectivity index (χ3v) is 4.33. The molecule has 7 heteroatoms. The maximum Gasteiger partial charge on any atom is 0.264 e. The number of halogens is 1. The fourth-order valence-corrected chi connectivity index (χ4v) is 2.95. The maximum absolute atomic E-state index is 13.6. The molecule has 1 amide bonds. The fraction of sp³-hybridized carbons (Fsp3) is 0.133. The van der Waals surface area contributed by atoms with Crippen molar-refractivity contribution < 1.29 is 17.6 Å². The summed E-state index contributed by atoms with van der Waals surface area (Å²) in [7, 11) is -0.769. The van der Waals surface area contributed by atoms with Crippen LogP contribution in [0.2, 0.25) is 0 Å². The zero-order valence-electron chi connectivity index (χ0n) is 12.1. The molecule has 2 aromatic carbocycles. The molecule has 1 N–H and O–H groups in total. The van der Waals surface area contributed by atoms with Crippen LogP contribution >= 0.6 is 0 Å². The van der Waals surface area contributed by atoms with Crippen molar-refractivity contribution in [2.45, 2.75) is 4.90 Å². The lowest BCUT2D eigenvalue weighted by atomic mass is 10.2. The highest BCUT2D eigenvalue weighted by Crippen LogP contribution is 2.19. The minimum absolute atomic E-state index is 0.191. The third-order valence-electron chi connectivity index (χ3n) is 2.92. The van der Waals surface area contributed by atoms with Crippen molar-refractivity contribution in [3.63, 3.8) is 0 Å². The number of carbonyl (C=O) groups is 1. The van der Waals surface area contributed by atoms with Crippen molar-refractivity contribution >= 4 is 21.6 Å². The van der Waals surface area contributed by atoms with E-state index in [1.54, 1.807) is 14.1 Å². The van der Waals surface area contributed by atoms with Crippen LogP contribution in [0.1, 0.15) is 10.4 Å². The number of nitrogens with one attached hydrogen (secondary N) is 1. The number of amides is 1. The van der Waals surface area contributed by atoms with Crippen LogP contribution in [0, 0.1) is 5.82 Å². The molecule has 0 saturated carbocycles. The van der Waals surface area contributed by atoms with Crippen LogP contribution in [0.4, 0.5) is 10.1 Å². The first-order valence-electron chi connectivity index (χ1n) is 6.40. The molecule has 0 unspecified atom stereocenters. The van der Waals surface area contributed by atoms with Gasteiger partial charge in [-0.3, -0.25) is 9.52 Å². The topological polar surface area (TPSA) is 66.5 Å². The van der Waals surface area contributed by atoms with Gasteiger partial charge in [0.25, 0.3) is 15.9 Å². The number of hydrogen-bond donors (Lipinski definition) is 1. The Morgan fingerprint density at radius 2 is 1.64 bits per heavy atom. The number of carbonyl (C=O) groups excluding carboxylic acids is 1. The van der Waals surface area contributed by atoms with Gasteiger partial charge in [0.1, 0.15) is 10.7 Å². The molecule has 0 heterocycles. The van der Waals surface area contributed by atoms with Crippen LogP contribution in [-0.4, -0.2) is 33.3 Å². The first-order chi connectivity index (χ1) is 10.3. The molecule has 0 aliphatic rings. The molecule has 0 aliphatic heterocycles. The summed E-state index contributed by atoms with van der Waals surface area (Å²) in [5.41, 5.74) is 0.678. The number of anilines is 1. The normalized spacial score (nSPS) is 11.0. The number of sulfonamides is 1. The van der Waals surface area contributed by atoms with Gasteiger partial charge in [0, 0.05) is 25.3 Å². The van der Waals surface area contributed by atoms with E-state index >= 15 is 0 Å². The monoisotopic (exact) mass is 322 g/mol. The van der Waals surface area contributed by atoms with E-state index in [0.717, 1.165) is 6.07 Å². The molecule has 0 aromatic heterocycles. The molecule has 2 rings (SSSR count). The number of benzene rings is 2. The van der Waals surface area contributed by atoms with E-state index in [-0.39, 0.29) is 11.6 Å². The SMILES string of the molecule is CN(C)C(=O)c1ccc(NS(=O)(=O)c2ccccc2F)cc1. The van der Waals surface area contributed by atoms with E-state index in [2.05, 4.69) is 4.72 Å². The molecule has 116 valence electrons. The van der Waals surface area contributed by atoms with Gasteiger partial charge in [-0.2, -0.15) is 0 Å². The number of rotatable bonds is 4. The smallest absolute Gasteiger partial charge is 0.264 e. The van der Waals surface area contributed by atoms with Crippen molar-refractivity contribution in [1.82, 2.24) is 4.90 Å². The quantitative estimate of drug-likeness (QED) is 0.939. The Kier molecular flexibility index (Phi) is 4.46. The minimum atomic E-state index is -4.01. The summed E-state index contributed by atoms with van der Waals surface area (Å²) in [6.45, 7) is 0. The highest BCUT2D eigenvalue weighted by atomic mass is 32.2. The molecule has 0 radical (unpaired) electrons. The summed E-state index contributed by atoms with van der Waals surface area (Å²) in [5, 5.41) is 0. The zero-order chi connectivity index (χ0) is 16.3. The summed E-state index contributed by atoms with van der Waals surface area (Å²) >= 11 is 0. The Morgan fingerprint density at radius 3 is 2.18 bits per heavy atom. The molecule has 22 heavy (non-hydrogen) atoms. The summed E-state index contributed by atoms with van der Waals surface area (Å²) in [6.07, 6.45) is 0. The lowest BCUT2D eigenvalue weighted by Gasteiger charge is -2.12. The first kappa shape index (κ1) is 16.0. The predicted octanol–water partition coefficient (Wildman–Crippen LogP) is 2.33. The summed E-state index contributed by atoms with van der Waals surface area (Å²) in [6, 6.07) is 11.0. The molecule has 2 aromatic rings. The molecule has 0 aliphatic carbocycles. The molecule has 5 nitrogen and oxygen atoms in total. The van der Waals surface area contributed by atoms with Crippen molar-refractivity contribution in [3.05, 3.63) is 59.9 Å². The second kappa shape index (κ2) is 6.15. The maximum atomic E-state index is 13.6. The van der Waals surface area contributed by atoms with Crippen molar-refractivity contribution in [2.24, 2.45) is 0 Å². The minimum Gasteiger partial charge on any atom is -0.345 e. The van der Waals surface area contributed by atoms with Crippen molar-refractivity contribution in [1.29, 1.82) is 0 Å². The van der Waals surface area contributed by atoms with Gasteiger partial charge in [-0.25, -0.2) is 12.8 Å². The Balaban J connectivity index is 2.24. The largest absolute Gasteiger partial charge is 0.345 e. The van der Waals surface area contributed by atoms with E-state index in [1.165, 1.54) is 47.4 Å². The number of hydrogen-bond acceptors (Lipinski definition) is 3. The van der Waals surface area contributed by atoms with Gasteiger partial charge < -0.3 is 4.90 Å². The molecular formula is C15H15FN2O3S. The summed E-state index contributed by atoms with van der Waals surface area (Å²) in [4.78, 5) is 12.7. The molecule has 0 saturated heterocycles. The highest BCUT2D eigenvalue weighted by molar-refractivity contribution is 7.92. The lowest BCUT2D eigenvalue weighted by Crippen LogP contribution is -2.21. The van der Waals surface area contributed by atoms with Crippen LogP contribution < -0.4 is 4.72 Å².